The van der Waals surface area contributed by atoms with Crippen molar-refractivity contribution in [2.24, 2.45) is 0 Å². The maximum absolute atomic E-state index is 11.6. The summed E-state index contributed by atoms with van der Waals surface area (Å²) < 4.78 is 35.3. The molecule has 0 unspecified atom stereocenters. The first kappa shape index (κ1) is 42.1. The monoisotopic (exact) mass is 814 g/mol. The molecule has 0 aliphatic carbocycles. The molecule has 8 heteroatoms. The van der Waals surface area contributed by atoms with E-state index in [4.69, 9.17) is 28.4 Å². The number of carbonyl (C=O) groups is 2. The highest BCUT2D eigenvalue weighted by Crippen LogP contribution is 2.50. The fourth-order valence-electron chi connectivity index (χ4n) is 6.99. The third kappa shape index (κ3) is 10.8. The van der Waals surface area contributed by atoms with Crippen molar-refractivity contribution in [2.45, 2.75) is 39.5 Å². The Morgan fingerprint density at radius 3 is 1.34 bits per heavy atom. The Balaban J connectivity index is 1.10. The summed E-state index contributed by atoms with van der Waals surface area (Å²) >= 11 is 0. The fraction of sp³-hybridized carbons (Fsp3) is 0.208. The standard InChI is InChI=1S/C53H50O8/c1-36(2)52(54)58-31-11-9-29-56-44-25-19-38(20-26-44)17-23-42-33-40-13-5-7-15-46(40)48-49-47-16-8-6-14-41(47)34-43(51(49)61-35-60-50(42)48)24-18-39-21-27-45(28-22-39)57-30-10-12-32-59-53(55)37(3)4/h5-8,13-28,33-34H,1,3,9-12,29-32,35H2,2,4H3/b23-17-,24-18-. The van der Waals surface area contributed by atoms with Crippen molar-refractivity contribution < 1.29 is 38.0 Å². The quantitative estimate of drug-likeness (QED) is 0.0367. The van der Waals surface area contributed by atoms with Crippen LogP contribution in [0.2, 0.25) is 0 Å². The van der Waals surface area contributed by atoms with Gasteiger partial charge in [-0.2, -0.15) is 0 Å². The Kier molecular flexibility index (Phi) is 14.0. The molecule has 6 aromatic carbocycles. The topological polar surface area (TPSA) is 89.5 Å². The smallest absolute Gasteiger partial charge is 0.333 e. The Bertz CT molecular complexity index is 2420. The number of ether oxygens (including phenoxy) is 6. The lowest BCUT2D eigenvalue weighted by Gasteiger charge is -2.17. The second-order valence-electron chi connectivity index (χ2n) is 14.9. The second-order valence-corrected chi connectivity index (χ2v) is 14.9. The van der Waals surface area contributed by atoms with E-state index in [2.05, 4.69) is 98.1 Å². The largest absolute Gasteiger partial charge is 0.494 e. The van der Waals surface area contributed by atoms with Crippen LogP contribution in [0.3, 0.4) is 0 Å². The van der Waals surface area contributed by atoms with Crippen LogP contribution in [0.15, 0.2) is 133 Å². The number of fused-ring (bicyclic) bond motifs is 7. The molecule has 1 aliphatic rings. The zero-order chi connectivity index (χ0) is 42.6. The fourth-order valence-corrected chi connectivity index (χ4v) is 6.99. The van der Waals surface area contributed by atoms with Gasteiger partial charge in [0.2, 0.25) is 6.79 Å². The van der Waals surface area contributed by atoms with Gasteiger partial charge in [0.15, 0.2) is 0 Å². The molecule has 8 nitrogen and oxygen atoms in total. The molecule has 0 atom stereocenters. The van der Waals surface area contributed by atoms with Gasteiger partial charge in [-0.15, -0.1) is 0 Å². The van der Waals surface area contributed by atoms with E-state index in [1.54, 1.807) is 13.8 Å². The number of esters is 2. The van der Waals surface area contributed by atoms with E-state index in [9.17, 15) is 9.59 Å². The van der Waals surface area contributed by atoms with Gasteiger partial charge in [-0.05, 0) is 109 Å². The van der Waals surface area contributed by atoms with E-state index in [1.165, 1.54) is 0 Å². The van der Waals surface area contributed by atoms with Gasteiger partial charge in [0.1, 0.15) is 23.0 Å². The van der Waals surface area contributed by atoms with Crippen LogP contribution in [-0.2, 0) is 19.1 Å². The van der Waals surface area contributed by atoms with Crippen LogP contribution in [0, 0.1) is 0 Å². The summed E-state index contributed by atoms with van der Waals surface area (Å²) in [6.45, 7) is 12.3. The third-order valence-corrected chi connectivity index (χ3v) is 10.2. The summed E-state index contributed by atoms with van der Waals surface area (Å²) in [7, 11) is 0. The SMILES string of the molecule is C=C(C)C(=O)OCCCCOc1ccc(/C=C\c2cc3ccccc3c3c2OCOc2c(/C=C\c4ccc(OCCCCOC(=O)C(=C)C)cc4)cc4ccccc4c2-3)cc1. The maximum Gasteiger partial charge on any atom is 0.333 e. The van der Waals surface area contributed by atoms with Crippen LogP contribution in [0.5, 0.6) is 23.0 Å². The van der Waals surface area contributed by atoms with Crippen LogP contribution in [-0.4, -0.2) is 45.2 Å². The van der Waals surface area contributed by atoms with Gasteiger partial charge in [-0.3, -0.25) is 0 Å². The van der Waals surface area contributed by atoms with Crippen LogP contribution < -0.4 is 18.9 Å². The summed E-state index contributed by atoms with van der Waals surface area (Å²) in [5, 5.41) is 4.33. The molecular formula is C53H50O8. The summed E-state index contributed by atoms with van der Waals surface area (Å²) in [6, 6.07) is 37.1. The van der Waals surface area contributed by atoms with Crippen LogP contribution in [0.25, 0.3) is 57.0 Å². The van der Waals surface area contributed by atoms with Gasteiger partial charge in [0, 0.05) is 33.4 Å². The van der Waals surface area contributed by atoms with Crippen LogP contribution in [0.1, 0.15) is 61.8 Å². The van der Waals surface area contributed by atoms with Crippen molar-refractivity contribution in [1.29, 1.82) is 0 Å². The molecule has 0 fully saturated rings. The number of benzene rings is 6. The minimum Gasteiger partial charge on any atom is -0.494 e. The lowest BCUT2D eigenvalue weighted by molar-refractivity contribution is -0.139. The van der Waals surface area contributed by atoms with E-state index in [0.29, 0.717) is 50.4 Å². The van der Waals surface area contributed by atoms with Gasteiger partial charge in [0.25, 0.3) is 0 Å². The normalized spacial score (nSPS) is 12.0. The van der Waals surface area contributed by atoms with Crippen molar-refractivity contribution in [3.05, 3.63) is 156 Å². The molecule has 0 saturated heterocycles. The van der Waals surface area contributed by atoms with Crippen LogP contribution >= 0.6 is 0 Å². The first-order valence-corrected chi connectivity index (χ1v) is 20.6. The molecule has 0 amide bonds. The van der Waals surface area contributed by atoms with E-state index in [1.807, 2.05) is 48.5 Å². The van der Waals surface area contributed by atoms with Crippen molar-refractivity contribution in [2.75, 3.05) is 33.2 Å². The third-order valence-electron chi connectivity index (χ3n) is 10.2. The molecule has 6 aromatic rings. The first-order valence-electron chi connectivity index (χ1n) is 20.6. The summed E-state index contributed by atoms with van der Waals surface area (Å²) in [5.74, 6) is 2.35. The van der Waals surface area contributed by atoms with Gasteiger partial charge in [-0.1, -0.05) is 110 Å². The Labute approximate surface area is 357 Å². The van der Waals surface area contributed by atoms with Gasteiger partial charge >= 0.3 is 11.9 Å². The molecule has 0 spiro atoms. The molecule has 1 aliphatic heterocycles. The lowest BCUT2D eigenvalue weighted by Crippen LogP contribution is -2.07. The summed E-state index contributed by atoms with van der Waals surface area (Å²) in [4.78, 5) is 23.1. The highest BCUT2D eigenvalue weighted by atomic mass is 16.7. The molecule has 1 heterocycles. The highest BCUT2D eigenvalue weighted by molar-refractivity contribution is 6.12. The number of hydrogen-bond acceptors (Lipinski definition) is 8. The Morgan fingerprint density at radius 2 is 0.934 bits per heavy atom. The molecule has 0 bridgehead atoms. The van der Waals surface area contributed by atoms with E-state index >= 15 is 0 Å². The molecule has 0 aromatic heterocycles. The number of rotatable bonds is 18. The predicted molar refractivity (Wildman–Crippen MR) is 245 cm³/mol. The molecule has 0 N–H and O–H groups in total. The zero-order valence-electron chi connectivity index (χ0n) is 34.7. The molecule has 7 rings (SSSR count). The molecular weight excluding hydrogens is 765 g/mol. The minimum atomic E-state index is -0.363. The van der Waals surface area contributed by atoms with E-state index < -0.39 is 0 Å². The molecule has 0 radical (unpaired) electrons. The Hall–Kier alpha value is -7.06. The van der Waals surface area contributed by atoms with Gasteiger partial charge < -0.3 is 28.4 Å². The Morgan fingerprint density at radius 1 is 0.541 bits per heavy atom. The maximum atomic E-state index is 11.6. The van der Waals surface area contributed by atoms with Gasteiger partial charge in [-0.25, -0.2) is 9.59 Å². The van der Waals surface area contributed by atoms with Gasteiger partial charge in [0.05, 0.1) is 26.4 Å². The van der Waals surface area contributed by atoms with Crippen molar-refractivity contribution in [3.63, 3.8) is 0 Å². The van der Waals surface area contributed by atoms with E-state index in [-0.39, 0.29) is 18.7 Å². The first-order chi connectivity index (χ1) is 29.7. The van der Waals surface area contributed by atoms with E-state index in [0.717, 1.165) is 90.8 Å². The lowest BCUT2D eigenvalue weighted by atomic mass is 9.88. The summed E-state index contributed by atoms with van der Waals surface area (Å²) in [5.41, 5.74) is 6.70. The predicted octanol–water partition coefficient (Wildman–Crippen LogP) is 12.3. The molecule has 0 saturated carbocycles. The average Bonchev–Trinajstić information content (AvgIpc) is 3.49. The molecule has 310 valence electrons. The number of unbranched alkanes of at least 4 members (excludes halogenated alkanes) is 2. The zero-order valence-corrected chi connectivity index (χ0v) is 34.7. The van der Waals surface area contributed by atoms with Crippen LogP contribution in [0.4, 0.5) is 0 Å². The molecule has 61 heavy (non-hydrogen) atoms. The summed E-state index contributed by atoms with van der Waals surface area (Å²) in [6.07, 6.45) is 11.3. The number of hydrogen-bond donors (Lipinski definition) is 0. The highest BCUT2D eigenvalue weighted by Gasteiger charge is 2.26. The van der Waals surface area contributed by atoms with Crippen molar-refractivity contribution in [3.8, 4) is 34.1 Å². The number of carbonyl (C=O) groups excluding carboxylic acids is 2. The van der Waals surface area contributed by atoms with Crippen molar-refractivity contribution >= 4 is 57.8 Å². The minimum absolute atomic E-state index is 0.0447. The average molecular weight is 815 g/mol. The second kappa shape index (κ2) is 20.3. The van der Waals surface area contributed by atoms with Crippen molar-refractivity contribution in [1.82, 2.24) is 0 Å².